The molecule has 1 amide bonds. The Morgan fingerprint density at radius 3 is 2.38 bits per heavy atom. The molecule has 0 saturated heterocycles. The summed E-state index contributed by atoms with van der Waals surface area (Å²) in [5.41, 5.74) is 0.960. The number of carbonyl (C=O) groups excluding carboxylic acids is 1. The van der Waals surface area contributed by atoms with Crippen molar-refractivity contribution in [2.75, 3.05) is 10.0 Å². The quantitative estimate of drug-likeness (QED) is 0.310. The first-order valence-corrected chi connectivity index (χ1v) is 12.6. The topological polar surface area (TPSA) is 84.5 Å². The van der Waals surface area contributed by atoms with Crippen LogP contribution in [0.5, 0.6) is 5.75 Å². The minimum atomic E-state index is -3.82. The van der Waals surface area contributed by atoms with E-state index in [1.54, 1.807) is 48.5 Å². The van der Waals surface area contributed by atoms with Crippen molar-refractivity contribution in [2.24, 2.45) is 0 Å². The van der Waals surface area contributed by atoms with Crippen LogP contribution in [-0.4, -0.2) is 20.4 Å². The fourth-order valence-electron chi connectivity index (χ4n) is 3.49. The van der Waals surface area contributed by atoms with Crippen molar-refractivity contribution in [1.82, 2.24) is 0 Å². The fraction of sp³-hybridized carbons (Fsp3) is 0.115. The lowest BCUT2D eigenvalue weighted by molar-refractivity contribution is -0.122. The molecule has 8 heteroatoms. The molecule has 0 saturated carbocycles. The van der Waals surface area contributed by atoms with E-state index in [9.17, 15) is 13.2 Å². The number of hydrogen-bond acceptors (Lipinski definition) is 4. The van der Waals surface area contributed by atoms with Gasteiger partial charge in [0, 0.05) is 16.1 Å². The molecule has 0 spiro atoms. The van der Waals surface area contributed by atoms with E-state index in [4.69, 9.17) is 16.3 Å². The lowest BCUT2D eigenvalue weighted by Crippen LogP contribution is -2.32. The van der Waals surface area contributed by atoms with Crippen LogP contribution < -0.4 is 14.8 Å². The molecule has 0 aromatic heterocycles. The highest BCUT2D eigenvalue weighted by molar-refractivity contribution is 7.92. The molecule has 6 nitrogen and oxygen atoms in total. The number of fused-ring (bicyclic) bond motifs is 1. The molecular weight excluding hydrogens is 472 g/mol. The minimum absolute atomic E-state index is 0.0839. The van der Waals surface area contributed by atoms with E-state index in [2.05, 4.69) is 10.0 Å². The molecular formula is C26H23ClN2O4S. The molecule has 0 aliphatic rings. The molecule has 0 aliphatic carbocycles. The second-order valence-corrected chi connectivity index (χ2v) is 9.74. The SMILES string of the molecule is CC[C@@H](Oc1cccc(Cl)c1)C(=O)Nc1ccc(S(=O)(=O)Nc2cccc3ccccc23)cc1. The average Bonchev–Trinajstić information content (AvgIpc) is 2.83. The van der Waals surface area contributed by atoms with Crippen molar-refractivity contribution in [1.29, 1.82) is 0 Å². The molecule has 0 bridgehead atoms. The van der Waals surface area contributed by atoms with Crippen LogP contribution in [0.25, 0.3) is 10.8 Å². The Bertz CT molecular complexity index is 1420. The van der Waals surface area contributed by atoms with Crippen molar-refractivity contribution >= 4 is 49.7 Å². The number of benzene rings is 4. The summed E-state index contributed by atoms with van der Waals surface area (Å²) < 4.78 is 34.3. The molecule has 0 fully saturated rings. The fourth-order valence-corrected chi connectivity index (χ4v) is 4.75. The first-order chi connectivity index (χ1) is 16.4. The number of amides is 1. The third-order valence-corrected chi connectivity index (χ3v) is 6.82. The van der Waals surface area contributed by atoms with Gasteiger partial charge in [0.1, 0.15) is 5.75 Å². The van der Waals surface area contributed by atoms with E-state index in [1.165, 1.54) is 12.1 Å². The maximum absolute atomic E-state index is 12.9. The molecule has 0 radical (unpaired) electrons. The summed E-state index contributed by atoms with van der Waals surface area (Å²) in [6.07, 6.45) is -0.283. The van der Waals surface area contributed by atoms with Crippen LogP contribution in [-0.2, 0) is 14.8 Å². The molecule has 2 N–H and O–H groups in total. The largest absolute Gasteiger partial charge is 0.481 e. The number of halogens is 1. The number of nitrogens with one attached hydrogen (secondary N) is 2. The van der Waals surface area contributed by atoms with E-state index in [0.29, 0.717) is 28.6 Å². The number of rotatable bonds is 8. The maximum atomic E-state index is 12.9. The van der Waals surface area contributed by atoms with Crippen LogP contribution in [0.3, 0.4) is 0 Å². The normalized spacial score (nSPS) is 12.2. The average molecular weight is 495 g/mol. The van der Waals surface area contributed by atoms with Gasteiger partial charge in [0.15, 0.2) is 6.10 Å². The number of hydrogen-bond donors (Lipinski definition) is 2. The molecule has 4 aromatic rings. The highest BCUT2D eigenvalue weighted by Gasteiger charge is 2.20. The molecule has 1 atom stereocenters. The monoisotopic (exact) mass is 494 g/mol. The lowest BCUT2D eigenvalue weighted by Gasteiger charge is -2.17. The van der Waals surface area contributed by atoms with Gasteiger partial charge in [-0.1, -0.05) is 61.0 Å². The van der Waals surface area contributed by atoms with Crippen molar-refractivity contribution in [3.63, 3.8) is 0 Å². The van der Waals surface area contributed by atoms with Crippen molar-refractivity contribution in [2.45, 2.75) is 24.3 Å². The van der Waals surface area contributed by atoms with Crippen LogP contribution in [0.15, 0.2) is 95.9 Å². The predicted octanol–water partition coefficient (Wildman–Crippen LogP) is 6.09. The Morgan fingerprint density at radius 2 is 1.65 bits per heavy atom. The predicted molar refractivity (Wildman–Crippen MR) is 136 cm³/mol. The van der Waals surface area contributed by atoms with Gasteiger partial charge in [-0.25, -0.2) is 8.42 Å². The van der Waals surface area contributed by atoms with Crippen LogP contribution in [0.2, 0.25) is 5.02 Å². The molecule has 4 rings (SSSR count). The molecule has 0 unspecified atom stereocenters. The Hall–Kier alpha value is -3.55. The van der Waals surface area contributed by atoms with E-state index in [1.807, 2.05) is 37.3 Å². The number of anilines is 2. The Balaban J connectivity index is 1.46. The molecule has 4 aromatic carbocycles. The summed E-state index contributed by atoms with van der Waals surface area (Å²) in [7, 11) is -3.82. The van der Waals surface area contributed by atoms with Crippen molar-refractivity contribution in [3.8, 4) is 5.75 Å². The summed E-state index contributed by atoms with van der Waals surface area (Å²) in [6, 6.07) is 25.8. The highest BCUT2D eigenvalue weighted by Crippen LogP contribution is 2.26. The van der Waals surface area contributed by atoms with Crippen molar-refractivity contribution < 1.29 is 17.9 Å². The zero-order valence-corrected chi connectivity index (χ0v) is 19.9. The minimum Gasteiger partial charge on any atom is -0.481 e. The van der Waals surface area contributed by atoms with Gasteiger partial charge in [-0.15, -0.1) is 0 Å². The van der Waals surface area contributed by atoms with Crippen LogP contribution >= 0.6 is 11.6 Å². The van der Waals surface area contributed by atoms with Gasteiger partial charge in [0.25, 0.3) is 15.9 Å². The zero-order chi connectivity index (χ0) is 24.1. The summed E-state index contributed by atoms with van der Waals surface area (Å²) >= 11 is 5.98. The molecule has 0 aliphatic heterocycles. The first-order valence-electron chi connectivity index (χ1n) is 10.7. The van der Waals surface area contributed by atoms with Crippen LogP contribution in [0.1, 0.15) is 13.3 Å². The smallest absolute Gasteiger partial charge is 0.265 e. The van der Waals surface area contributed by atoms with Gasteiger partial charge in [-0.2, -0.15) is 0 Å². The first kappa shape index (κ1) is 23.6. The maximum Gasteiger partial charge on any atom is 0.265 e. The second kappa shape index (κ2) is 10.2. The standard InChI is InChI=1S/C26H23ClN2O4S/c1-2-25(33-21-10-6-9-19(27)17-21)26(30)28-20-13-15-22(16-14-20)34(31,32)29-24-12-5-8-18-7-3-4-11-23(18)24/h3-17,25,29H,2H2,1H3,(H,28,30)/t25-/m1/s1. The van der Waals surface area contributed by atoms with Gasteiger partial charge in [-0.3, -0.25) is 9.52 Å². The molecule has 0 heterocycles. The molecule has 34 heavy (non-hydrogen) atoms. The van der Waals surface area contributed by atoms with E-state index >= 15 is 0 Å². The third kappa shape index (κ3) is 5.50. The number of carbonyl (C=O) groups is 1. The van der Waals surface area contributed by atoms with Gasteiger partial charge in [0.05, 0.1) is 10.6 Å². The third-order valence-electron chi connectivity index (χ3n) is 5.20. The molecule has 174 valence electrons. The van der Waals surface area contributed by atoms with E-state index in [-0.39, 0.29) is 10.8 Å². The zero-order valence-electron chi connectivity index (χ0n) is 18.4. The highest BCUT2D eigenvalue weighted by atomic mass is 35.5. The summed E-state index contributed by atoms with van der Waals surface area (Å²) in [5.74, 6) is 0.155. The second-order valence-electron chi connectivity index (χ2n) is 7.62. The lowest BCUT2D eigenvalue weighted by atomic mass is 10.1. The number of ether oxygens (including phenoxy) is 1. The summed E-state index contributed by atoms with van der Waals surface area (Å²) in [6.45, 7) is 1.84. The van der Waals surface area contributed by atoms with Gasteiger partial charge in [-0.05, 0) is 60.3 Å². The number of sulfonamides is 1. The van der Waals surface area contributed by atoms with Crippen molar-refractivity contribution in [3.05, 3.63) is 96.0 Å². The Kier molecular flexibility index (Phi) is 7.05. The van der Waals surface area contributed by atoms with E-state index < -0.39 is 16.1 Å². The van der Waals surface area contributed by atoms with Crippen LogP contribution in [0, 0.1) is 0 Å². The van der Waals surface area contributed by atoms with E-state index in [0.717, 1.165) is 10.8 Å². The van der Waals surface area contributed by atoms with Gasteiger partial charge in [0.2, 0.25) is 0 Å². The Morgan fingerprint density at radius 1 is 0.941 bits per heavy atom. The Labute approximate surface area is 203 Å². The summed E-state index contributed by atoms with van der Waals surface area (Å²) in [4.78, 5) is 12.8. The van der Waals surface area contributed by atoms with Gasteiger partial charge < -0.3 is 10.1 Å². The van der Waals surface area contributed by atoms with Gasteiger partial charge >= 0.3 is 0 Å². The van der Waals surface area contributed by atoms with Crippen LogP contribution in [0.4, 0.5) is 11.4 Å². The summed E-state index contributed by atoms with van der Waals surface area (Å²) in [5, 5.41) is 5.03.